The molecule has 0 aromatic heterocycles. The molecule has 2 heterocycles. The Hall–Kier alpha value is -2.52. The number of likely N-dealkylation sites (N-methyl/N-ethyl adjacent to an activating group) is 1. The average molecular weight is 461 g/mol. The molecule has 0 radical (unpaired) electrons. The predicted octanol–water partition coefficient (Wildman–Crippen LogP) is 2.87. The van der Waals surface area contributed by atoms with Crippen molar-refractivity contribution in [2.24, 2.45) is 0 Å². The lowest BCUT2D eigenvalue weighted by Gasteiger charge is -2.32. The van der Waals surface area contributed by atoms with E-state index in [1.54, 1.807) is 18.8 Å². The van der Waals surface area contributed by atoms with Crippen LogP contribution in [0, 0.1) is 0 Å². The maximum Gasteiger partial charge on any atom is 0.308 e. The summed E-state index contributed by atoms with van der Waals surface area (Å²) in [4.78, 5) is 30.4. The third kappa shape index (κ3) is 4.88. The fourth-order valence-corrected chi connectivity index (χ4v) is 6.70. The van der Waals surface area contributed by atoms with Gasteiger partial charge in [0.25, 0.3) is 5.91 Å². The van der Waals surface area contributed by atoms with Crippen molar-refractivity contribution in [3.8, 4) is 0 Å². The summed E-state index contributed by atoms with van der Waals surface area (Å²) in [5.41, 5.74) is 2.08. The fraction of sp³-hybridized carbons (Fsp3) is 0.364. The van der Waals surface area contributed by atoms with Crippen LogP contribution in [0.4, 0.5) is 11.4 Å². The number of amides is 1. The zero-order valence-corrected chi connectivity index (χ0v) is 18.8. The van der Waals surface area contributed by atoms with Crippen molar-refractivity contribution in [2.45, 2.75) is 28.7 Å². The van der Waals surface area contributed by atoms with Crippen LogP contribution in [0.15, 0.2) is 58.3 Å². The van der Waals surface area contributed by atoms with Gasteiger partial charge in [0.05, 0.1) is 29.3 Å². The minimum atomic E-state index is -3.08. The van der Waals surface area contributed by atoms with Crippen molar-refractivity contribution in [3.05, 3.63) is 48.5 Å². The summed E-state index contributed by atoms with van der Waals surface area (Å²) >= 11 is 1.70. The van der Waals surface area contributed by atoms with Crippen LogP contribution in [0.2, 0.25) is 0 Å². The number of sulfone groups is 1. The smallest absolute Gasteiger partial charge is 0.308 e. The topological polar surface area (TPSA) is 84.0 Å². The molecule has 1 atom stereocenters. The van der Waals surface area contributed by atoms with E-state index in [1.807, 2.05) is 36.4 Å². The summed E-state index contributed by atoms with van der Waals surface area (Å²) in [6.07, 6.45) is 0.548. The normalized spacial score (nSPS) is 18.7. The van der Waals surface area contributed by atoms with E-state index in [4.69, 9.17) is 4.74 Å². The second-order valence-corrected chi connectivity index (χ2v) is 11.0. The van der Waals surface area contributed by atoms with E-state index in [2.05, 4.69) is 17.0 Å². The van der Waals surface area contributed by atoms with Crippen LogP contribution in [0.3, 0.4) is 0 Å². The van der Waals surface area contributed by atoms with Gasteiger partial charge in [-0.25, -0.2) is 8.42 Å². The first-order chi connectivity index (χ1) is 14.8. The van der Waals surface area contributed by atoms with Crippen LogP contribution >= 0.6 is 11.8 Å². The lowest BCUT2D eigenvalue weighted by molar-refractivity contribution is -0.152. The van der Waals surface area contributed by atoms with Gasteiger partial charge in [-0.05, 0) is 30.7 Å². The molecular formula is C22H24N2O5S2. The molecule has 2 aliphatic heterocycles. The highest BCUT2D eigenvalue weighted by molar-refractivity contribution is 7.99. The molecule has 7 nitrogen and oxygen atoms in total. The number of anilines is 2. The lowest BCUT2D eigenvalue weighted by atomic mass is 10.2. The molecular weight excluding hydrogens is 436 g/mol. The van der Waals surface area contributed by atoms with E-state index in [0.717, 1.165) is 21.2 Å². The summed E-state index contributed by atoms with van der Waals surface area (Å²) in [5, 5.41) is 0. The zero-order chi connectivity index (χ0) is 22.0. The molecule has 9 heteroatoms. The van der Waals surface area contributed by atoms with E-state index in [1.165, 1.54) is 4.90 Å². The highest BCUT2D eigenvalue weighted by Gasteiger charge is 2.33. The molecule has 164 valence electrons. The number of ether oxygens (including phenoxy) is 1. The number of benzene rings is 2. The average Bonchev–Trinajstić information content (AvgIpc) is 3.13. The van der Waals surface area contributed by atoms with Crippen molar-refractivity contribution in [2.75, 3.05) is 36.6 Å². The minimum absolute atomic E-state index is 0.0328. The van der Waals surface area contributed by atoms with Gasteiger partial charge in [0.1, 0.15) is 0 Å². The van der Waals surface area contributed by atoms with Gasteiger partial charge in [-0.1, -0.05) is 36.0 Å². The van der Waals surface area contributed by atoms with Crippen molar-refractivity contribution < 1.29 is 22.7 Å². The first-order valence-electron chi connectivity index (χ1n) is 10.1. The van der Waals surface area contributed by atoms with E-state index >= 15 is 0 Å². The second kappa shape index (κ2) is 8.92. The molecule has 2 aromatic carbocycles. The van der Waals surface area contributed by atoms with Gasteiger partial charge >= 0.3 is 5.97 Å². The molecule has 0 saturated carbocycles. The molecule has 2 aliphatic rings. The molecule has 0 unspecified atom stereocenters. The monoisotopic (exact) mass is 460 g/mol. The summed E-state index contributed by atoms with van der Waals surface area (Å²) in [5.74, 6) is -0.796. The van der Waals surface area contributed by atoms with Crippen LogP contribution < -0.4 is 4.90 Å². The Bertz CT molecular complexity index is 1060. The maximum atomic E-state index is 12.3. The molecule has 0 bridgehead atoms. The minimum Gasteiger partial charge on any atom is -0.456 e. The number of hydrogen-bond acceptors (Lipinski definition) is 7. The SMILES string of the molecule is CN(C(=O)COC(=O)CCN1c2ccccc2Sc2ccccc21)[C@@H]1CCS(=O)(=O)C1. The third-order valence-corrected chi connectivity index (χ3v) is 8.46. The molecule has 1 amide bonds. The molecule has 1 saturated heterocycles. The first kappa shape index (κ1) is 21.7. The van der Waals surface area contributed by atoms with Crippen molar-refractivity contribution in [3.63, 3.8) is 0 Å². The number of fused-ring (bicyclic) bond motifs is 2. The predicted molar refractivity (Wildman–Crippen MR) is 119 cm³/mol. The zero-order valence-electron chi connectivity index (χ0n) is 17.2. The number of carbonyl (C=O) groups is 2. The van der Waals surface area contributed by atoms with Gasteiger partial charge in [0.2, 0.25) is 0 Å². The molecule has 31 heavy (non-hydrogen) atoms. The summed E-state index contributed by atoms with van der Waals surface area (Å²) in [7, 11) is -1.53. The molecule has 0 spiro atoms. The van der Waals surface area contributed by atoms with Gasteiger partial charge < -0.3 is 14.5 Å². The number of rotatable bonds is 6. The van der Waals surface area contributed by atoms with E-state index in [-0.39, 0.29) is 36.5 Å². The second-order valence-electron chi connectivity index (χ2n) is 7.66. The lowest BCUT2D eigenvalue weighted by Crippen LogP contribution is -2.40. The number of nitrogens with zero attached hydrogens (tertiary/aromatic N) is 2. The number of carbonyl (C=O) groups excluding carboxylic acids is 2. The standard InChI is InChI=1S/C22H24N2O5S2/c1-23(16-11-13-31(27,28)15-16)21(25)14-29-22(26)10-12-24-17-6-2-4-8-19(17)30-20-9-5-3-7-18(20)24/h2-9,16H,10-15H2,1H3/t16-/m1/s1. The van der Waals surface area contributed by atoms with Crippen LogP contribution in [0.5, 0.6) is 0 Å². The number of para-hydroxylation sites is 2. The fourth-order valence-electron chi connectivity index (χ4n) is 3.83. The van der Waals surface area contributed by atoms with E-state index in [9.17, 15) is 18.0 Å². The van der Waals surface area contributed by atoms with E-state index < -0.39 is 15.8 Å². The summed E-state index contributed by atoms with van der Waals surface area (Å²) < 4.78 is 28.4. The van der Waals surface area contributed by atoms with Gasteiger partial charge in [0.15, 0.2) is 16.4 Å². The maximum absolute atomic E-state index is 12.3. The van der Waals surface area contributed by atoms with Gasteiger partial charge in [0, 0.05) is 29.4 Å². The van der Waals surface area contributed by atoms with Crippen LogP contribution in [0.1, 0.15) is 12.8 Å². The van der Waals surface area contributed by atoms with Crippen LogP contribution in [-0.4, -0.2) is 62.9 Å². The summed E-state index contributed by atoms with van der Waals surface area (Å²) in [6, 6.07) is 15.7. The van der Waals surface area contributed by atoms with Crippen molar-refractivity contribution in [1.82, 2.24) is 4.90 Å². The Kier molecular flexibility index (Phi) is 6.24. The number of esters is 1. The molecule has 0 aliphatic carbocycles. The molecule has 0 N–H and O–H groups in total. The quantitative estimate of drug-likeness (QED) is 0.613. The Morgan fingerprint density at radius 3 is 2.29 bits per heavy atom. The van der Waals surface area contributed by atoms with Gasteiger partial charge in [-0.3, -0.25) is 9.59 Å². The Labute approximate surface area is 186 Å². The highest BCUT2D eigenvalue weighted by Crippen LogP contribution is 2.47. The Morgan fingerprint density at radius 1 is 1.10 bits per heavy atom. The Balaban J connectivity index is 1.34. The molecule has 2 aromatic rings. The van der Waals surface area contributed by atoms with E-state index in [0.29, 0.717) is 13.0 Å². The van der Waals surface area contributed by atoms with Gasteiger partial charge in [-0.2, -0.15) is 0 Å². The van der Waals surface area contributed by atoms with Crippen molar-refractivity contribution in [1.29, 1.82) is 0 Å². The van der Waals surface area contributed by atoms with Crippen LogP contribution in [0.25, 0.3) is 0 Å². The summed E-state index contributed by atoms with van der Waals surface area (Å²) in [6.45, 7) is 0.0488. The third-order valence-electron chi connectivity index (χ3n) is 5.58. The first-order valence-corrected chi connectivity index (χ1v) is 12.7. The number of hydrogen-bond donors (Lipinski definition) is 0. The molecule has 4 rings (SSSR count). The van der Waals surface area contributed by atoms with Gasteiger partial charge in [-0.15, -0.1) is 0 Å². The molecule has 1 fully saturated rings. The Morgan fingerprint density at radius 2 is 1.71 bits per heavy atom. The highest BCUT2D eigenvalue weighted by atomic mass is 32.2. The van der Waals surface area contributed by atoms with Crippen molar-refractivity contribution >= 4 is 44.9 Å². The largest absolute Gasteiger partial charge is 0.456 e. The van der Waals surface area contributed by atoms with Crippen LogP contribution in [-0.2, 0) is 24.2 Å².